The lowest BCUT2D eigenvalue weighted by Crippen LogP contribution is -2.42. The van der Waals surface area contributed by atoms with Gasteiger partial charge in [-0.2, -0.15) is 0 Å². The topological polar surface area (TPSA) is 68.0 Å². The van der Waals surface area contributed by atoms with Gasteiger partial charge in [0.05, 0.1) is 19.4 Å². The second-order valence-electron chi connectivity index (χ2n) is 6.83. The summed E-state index contributed by atoms with van der Waals surface area (Å²) >= 11 is 0. The molecule has 2 rings (SSSR count). The van der Waals surface area contributed by atoms with Crippen LogP contribution >= 0.6 is 0 Å². The van der Waals surface area contributed by atoms with Gasteiger partial charge in [-0.25, -0.2) is 4.99 Å². The van der Waals surface area contributed by atoms with Crippen molar-refractivity contribution in [3.63, 3.8) is 0 Å². The number of methoxy groups -OCH3 is 1. The lowest BCUT2D eigenvalue weighted by molar-refractivity contribution is 0.145. The number of furan rings is 1. The Labute approximate surface area is 168 Å². The molecule has 28 heavy (non-hydrogen) atoms. The molecule has 0 bridgehead atoms. The molecule has 6 nitrogen and oxygen atoms in total. The standard InChI is InChI=1S/C22H33N3O3/c1-5-18(3)25-22(23-11-10-20-7-6-12-27-20)24-16-19-9-8-17(2)15-21(19)28-14-13-26-4/h6-9,12,15,18H,5,10-11,13-14,16H2,1-4H3,(H2,23,24,25). The van der Waals surface area contributed by atoms with Gasteiger partial charge in [0.15, 0.2) is 5.96 Å². The van der Waals surface area contributed by atoms with Crippen LogP contribution in [0.1, 0.15) is 37.2 Å². The Morgan fingerprint density at radius 3 is 2.82 bits per heavy atom. The number of aliphatic imine (C=N–C) groups is 1. The van der Waals surface area contributed by atoms with Crippen molar-refractivity contribution in [2.24, 2.45) is 4.99 Å². The second kappa shape index (κ2) is 12.1. The largest absolute Gasteiger partial charge is 0.491 e. The van der Waals surface area contributed by atoms with Crippen molar-refractivity contribution in [3.8, 4) is 5.75 Å². The minimum atomic E-state index is 0.338. The van der Waals surface area contributed by atoms with Crippen LogP contribution < -0.4 is 15.4 Å². The summed E-state index contributed by atoms with van der Waals surface area (Å²) in [5.41, 5.74) is 2.22. The van der Waals surface area contributed by atoms with Crippen LogP contribution in [0.15, 0.2) is 46.0 Å². The van der Waals surface area contributed by atoms with Crippen LogP contribution in [-0.4, -0.2) is 38.9 Å². The fraction of sp³-hybridized carbons (Fsp3) is 0.500. The van der Waals surface area contributed by atoms with Gasteiger partial charge in [-0.05, 0) is 44.0 Å². The van der Waals surface area contributed by atoms with Gasteiger partial charge in [-0.1, -0.05) is 19.1 Å². The summed E-state index contributed by atoms with van der Waals surface area (Å²) < 4.78 is 16.4. The first-order chi connectivity index (χ1) is 13.6. The highest BCUT2D eigenvalue weighted by Gasteiger charge is 2.07. The first-order valence-corrected chi connectivity index (χ1v) is 9.90. The first kappa shape index (κ1) is 21.8. The van der Waals surface area contributed by atoms with Gasteiger partial charge < -0.3 is 24.5 Å². The van der Waals surface area contributed by atoms with E-state index in [1.54, 1.807) is 13.4 Å². The summed E-state index contributed by atoms with van der Waals surface area (Å²) in [6.07, 6.45) is 3.53. The molecule has 0 radical (unpaired) electrons. The summed E-state index contributed by atoms with van der Waals surface area (Å²) in [4.78, 5) is 4.77. The van der Waals surface area contributed by atoms with E-state index in [2.05, 4.69) is 43.5 Å². The Bertz CT molecular complexity index is 714. The number of guanidine groups is 1. The fourth-order valence-electron chi connectivity index (χ4n) is 2.57. The zero-order chi connectivity index (χ0) is 20.2. The maximum absolute atomic E-state index is 5.88. The van der Waals surface area contributed by atoms with Crippen LogP contribution in [0, 0.1) is 6.92 Å². The molecule has 1 unspecified atom stereocenters. The number of hydrogen-bond acceptors (Lipinski definition) is 4. The monoisotopic (exact) mass is 387 g/mol. The predicted octanol–water partition coefficient (Wildman–Crippen LogP) is 3.69. The average Bonchev–Trinajstić information content (AvgIpc) is 3.20. The van der Waals surface area contributed by atoms with Gasteiger partial charge in [0.1, 0.15) is 18.1 Å². The summed E-state index contributed by atoms with van der Waals surface area (Å²) in [6, 6.07) is 10.4. The van der Waals surface area contributed by atoms with Gasteiger partial charge >= 0.3 is 0 Å². The highest BCUT2D eigenvalue weighted by Crippen LogP contribution is 2.21. The molecule has 0 aliphatic rings. The molecular weight excluding hydrogens is 354 g/mol. The van der Waals surface area contributed by atoms with Crippen LogP contribution in [0.3, 0.4) is 0 Å². The number of hydrogen-bond donors (Lipinski definition) is 2. The first-order valence-electron chi connectivity index (χ1n) is 9.90. The van der Waals surface area contributed by atoms with Crippen LogP contribution in [0.4, 0.5) is 0 Å². The molecule has 0 aliphatic carbocycles. The molecule has 0 saturated heterocycles. The summed E-state index contributed by atoms with van der Waals surface area (Å²) in [6.45, 7) is 8.73. The number of rotatable bonds is 11. The second-order valence-corrected chi connectivity index (χ2v) is 6.83. The van der Waals surface area contributed by atoms with Crippen LogP contribution in [-0.2, 0) is 17.7 Å². The molecule has 2 aromatic rings. The third-order valence-corrected chi connectivity index (χ3v) is 4.41. The van der Waals surface area contributed by atoms with Gasteiger partial charge in [0.2, 0.25) is 0 Å². The molecule has 154 valence electrons. The Morgan fingerprint density at radius 2 is 2.11 bits per heavy atom. The number of ether oxygens (including phenoxy) is 2. The van der Waals surface area contributed by atoms with Crippen molar-refractivity contribution in [1.82, 2.24) is 10.6 Å². The highest BCUT2D eigenvalue weighted by atomic mass is 16.5. The van der Waals surface area contributed by atoms with E-state index in [4.69, 9.17) is 18.9 Å². The smallest absolute Gasteiger partial charge is 0.191 e. The van der Waals surface area contributed by atoms with Crippen molar-refractivity contribution in [3.05, 3.63) is 53.5 Å². The van der Waals surface area contributed by atoms with Crippen LogP contribution in [0.2, 0.25) is 0 Å². The van der Waals surface area contributed by atoms with Crippen molar-refractivity contribution in [1.29, 1.82) is 0 Å². The third-order valence-electron chi connectivity index (χ3n) is 4.41. The van der Waals surface area contributed by atoms with E-state index in [0.29, 0.717) is 25.8 Å². The molecule has 0 fully saturated rings. The zero-order valence-corrected chi connectivity index (χ0v) is 17.5. The van der Waals surface area contributed by atoms with E-state index in [1.807, 2.05) is 18.2 Å². The fourth-order valence-corrected chi connectivity index (χ4v) is 2.57. The lowest BCUT2D eigenvalue weighted by atomic mass is 10.1. The van der Waals surface area contributed by atoms with E-state index in [1.165, 1.54) is 0 Å². The van der Waals surface area contributed by atoms with Gasteiger partial charge in [-0.3, -0.25) is 0 Å². The Morgan fingerprint density at radius 1 is 1.25 bits per heavy atom. The summed E-state index contributed by atoms with van der Waals surface area (Å²) in [5.74, 6) is 2.62. The van der Waals surface area contributed by atoms with E-state index in [-0.39, 0.29) is 0 Å². The minimum absolute atomic E-state index is 0.338. The number of benzene rings is 1. The molecule has 1 heterocycles. The van der Waals surface area contributed by atoms with Crippen molar-refractivity contribution in [2.75, 3.05) is 26.9 Å². The Balaban J connectivity index is 2.03. The van der Waals surface area contributed by atoms with E-state index in [9.17, 15) is 0 Å². The molecule has 0 saturated carbocycles. The Kier molecular flexibility index (Phi) is 9.42. The Hall–Kier alpha value is -2.47. The molecule has 0 amide bonds. The van der Waals surface area contributed by atoms with Gasteiger partial charge in [0, 0.05) is 31.7 Å². The molecular formula is C22H33N3O3. The molecule has 1 atom stereocenters. The quantitative estimate of drug-likeness (QED) is 0.350. The van der Waals surface area contributed by atoms with Gasteiger partial charge in [0.25, 0.3) is 0 Å². The SMILES string of the molecule is CCC(C)NC(=NCc1ccc(C)cc1OCCOC)NCCc1ccco1. The normalized spacial score (nSPS) is 12.6. The highest BCUT2D eigenvalue weighted by molar-refractivity contribution is 5.80. The molecule has 2 N–H and O–H groups in total. The lowest BCUT2D eigenvalue weighted by Gasteiger charge is -2.17. The molecule has 1 aromatic heterocycles. The predicted molar refractivity (Wildman–Crippen MR) is 113 cm³/mol. The van der Waals surface area contributed by atoms with E-state index in [0.717, 1.165) is 48.0 Å². The minimum Gasteiger partial charge on any atom is -0.491 e. The van der Waals surface area contributed by atoms with E-state index >= 15 is 0 Å². The van der Waals surface area contributed by atoms with Crippen molar-refractivity contribution >= 4 is 5.96 Å². The average molecular weight is 388 g/mol. The van der Waals surface area contributed by atoms with Gasteiger partial charge in [-0.15, -0.1) is 0 Å². The summed E-state index contributed by atoms with van der Waals surface area (Å²) in [7, 11) is 1.67. The maximum Gasteiger partial charge on any atom is 0.191 e. The van der Waals surface area contributed by atoms with Crippen molar-refractivity contribution < 1.29 is 13.9 Å². The third kappa shape index (κ3) is 7.64. The number of nitrogens with zero attached hydrogens (tertiary/aromatic N) is 1. The molecule has 6 heteroatoms. The number of aryl methyl sites for hydroxylation is 1. The molecule has 1 aromatic carbocycles. The molecule has 0 spiro atoms. The van der Waals surface area contributed by atoms with E-state index < -0.39 is 0 Å². The van der Waals surface area contributed by atoms with Crippen LogP contribution in [0.25, 0.3) is 0 Å². The summed E-state index contributed by atoms with van der Waals surface area (Å²) in [5, 5.41) is 6.84. The van der Waals surface area contributed by atoms with Crippen molar-refractivity contribution in [2.45, 2.75) is 46.2 Å². The maximum atomic E-state index is 5.88. The van der Waals surface area contributed by atoms with Crippen LogP contribution in [0.5, 0.6) is 5.75 Å². The molecule has 0 aliphatic heterocycles. The number of nitrogens with one attached hydrogen (secondary N) is 2. The zero-order valence-electron chi connectivity index (χ0n) is 17.5.